The van der Waals surface area contributed by atoms with Gasteiger partial charge >= 0.3 is 0 Å². The van der Waals surface area contributed by atoms with Gasteiger partial charge in [0.2, 0.25) is 5.95 Å². The molecule has 0 unspecified atom stereocenters. The summed E-state index contributed by atoms with van der Waals surface area (Å²) >= 11 is 0. The third kappa shape index (κ3) is 3.82. The number of amides is 1. The van der Waals surface area contributed by atoms with Gasteiger partial charge in [-0.25, -0.2) is 9.97 Å². The van der Waals surface area contributed by atoms with Crippen LogP contribution in [-0.2, 0) is 13.0 Å². The van der Waals surface area contributed by atoms with E-state index in [2.05, 4.69) is 52.5 Å². The van der Waals surface area contributed by atoms with Gasteiger partial charge in [-0.15, -0.1) is 0 Å². The van der Waals surface area contributed by atoms with Crippen molar-refractivity contribution in [1.29, 1.82) is 0 Å². The first-order valence-electron chi connectivity index (χ1n) is 9.22. The van der Waals surface area contributed by atoms with Gasteiger partial charge in [0.1, 0.15) is 0 Å². The molecular formula is C22H22N4O. The number of rotatable bonds is 4. The van der Waals surface area contributed by atoms with E-state index < -0.39 is 0 Å². The van der Waals surface area contributed by atoms with Crippen LogP contribution in [0.3, 0.4) is 0 Å². The van der Waals surface area contributed by atoms with Crippen molar-refractivity contribution in [2.45, 2.75) is 26.3 Å². The van der Waals surface area contributed by atoms with Crippen LogP contribution < -0.4 is 10.2 Å². The molecule has 136 valence electrons. The Labute approximate surface area is 159 Å². The van der Waals surface area contributed by atoms with Gasteiger partial charge in [0.25, 0.3) is 5.91 Å². The van der Waals surface area contributed by atoms with Gasteiger partial charge in [0, 0.05) is 31.2 Å². The number of hydrogen-bond acceptors (Lipinski definition) is 4. The first-order chi connectivity index (χ1) is 13.2. The number of nitrogens with zero attached hydrogens (tertiary/aromatic N) is 3. The summed E-state index contributed by atoms with van der Waals surface area (Å²) in [5.41, 5.74) is 5.11. The number of aryl methyl sites for hydroxylation is 2. The minimum absolute atomic E-state index is 0.0489. The van der Waals surface area contributed by atoms with Gasteiger partial charge in [-0.3, -0.25) is 4.79 Å². The summed E-state index contributed by atoms with van der Waals surface area (Å²) in [5, 5.41) is 3.19. The van der Waals surface area contributed by atoms with E-state index in [0.717, 1.165) is 30.6 Å². The van der Waals surface area contributed by atoms with E-state index in [1.54, 1.807) is 12.4 Å². The fraction of sp³-hybridized carbons (Fsp3) is 0.227. The molecule has 0 atom stereocenters. The number of fused-ring (bicyclic) bond motifs is 1. The molecule has 1 N–H and O–H groups in total. The summed E-state index contributed by atoms with van der Waals surface area (Å²) < 4.78 is 0. The predicted molar refractivity (Wildman–Crippen MR) is 107 cm³/mol. The Morgan fingerprint density at radius 3 is 2.59 bits per heavy atom. The van der Waals surface area contributed by atoms with E-state index in [-0.39, 0.29) is 5.91 Å². The van der Waals surface area contributed by atoms with Crippen molar-refractivity contribution in [3.05, 3.63) is 83.2 Å². The molecule has 1 aliphatic rings. The first kappa shape index (κ1) is 17.2. The second-order valence-corrected chi connectivity index (χ2v) is 6.82. The maximum Gasteiger partial charge on any atom is 0.261 e. The molecule has 27 heavy (non-hydrogen) atoms. The zero-order chi connectivity index (χ0) is 18.6. The third-order valence-corrected chi connectivity index (χ3v) is 4.83. The summed E-state index contributed by atoms with van der Waals surface area (Å²) in [7, 11) is 0. The van der Waals surface area contributed by atoms with Gasteiger partial charge in [0.05, 0.1) is 5.56 Å². The van der Waals surface area contributed by atoms with Crippen LogP contribution in [0, 0.1) is 6.92 Å². The summed E-state index contributed by atoms with van der Waals surface area (Å²) in [6.07, 6.45) is 5.19. The lowest BCUT2D eigenvalue weighted by molar-refractivity contribution is 0.0984. The maximum atomic E-state index is 12.9. The number of aromatic nitrogens is 2. The second-order valence-electron chi connectivity index (χ2n) is 6.82. The van der Waals surface area contributed by atoms with E-state index in [1.165, 1.54) is 11.1 Å². The normalized spacial score (nSPS) is 13.1. The van der Waals surface area contributed by atoms with Crippen LogP contribution in [0.4, 0.5) is 11.6 Å². The molecule has 0 fully saturated rings. The summed E-state index contributed by atoms with van der Waals surface area (Å²) in [6, 6.07) is 16.4. The standard InChI is InChI=1S/C22H22N4O/c1-16-8-10-17(11-9-16)13-23-22-24-14-19(15-25-22)21(27)26-12-4-6-18-5-2-3-7-20(18)26/h2-3,5,7-11,14-15H,4,6,12-13H2,1H3,(H,23,24,25). The molecule has 3 aromatic rings. The molecule has 2 heterocycles. The minimum atomic E-state index is -0.0489. The summed E-state index contributed by atoms with van der Waals surface area (Å²) in [4.78, 5) is 23.4. The molecule has 1 aromatic heterocycles. The second kappa shape index (κ2) is 7.58. The molecule has 5 nitrogen and oxygen atoms in total. The smallest absolute Gasteiger partial charge is 0.261 e. The van der Waals surface area contributed by atoms with Crippen molar-refractivity contribution in [3.8, 4) is 0 Å². The Kier molecular flexibility index (Phi) is 4.83. The molecule has 4 rings (SSSR count). The zero-order valence-corrected chi connectivity index (χ0v) is 15.4. The third-order valence-electron chi connectivity index (χ3n) is 4.83. The molecule has 5 heteroatoms. The molecule has 0 saturated carbocycles. The van der Waals surface area contributed by atoms with Crippen LogP contribution in [-0.4, -0.2) is 22.4 Å². The van der Waals surface area contributed by atoms with Gasteiger partial charge < -0.3 is 10.2 Å². The highest BCUT2D eigenvalue weighted by atomic mass is 16.2. The first-order valence-corrected chi connectivity index (χ1v) is 9.22. The monoisotopic (exact) mass is 358 g/mol. The fourth-order valence-corrected chi connectivity index (χ4v) is 3.32. The lowest BCUT2D eigenvalue weighted by atomic mass is 10.0. The molecule has 1 aliphatic heterocycles. The zero-order valence-electron chi connectivity index (χ0n) is 15.4. The number of carbonyl (C=O) groups is 1. The highest BCUT2D eigenvalue weighted by Gasteiger charge is 2.23. The Balaban J connectivity index is 1.44. The maximum absolute atomic E-state index is 12.9. The molecular weight excluding hydrogens is 336 g/mol. The van der Waals surface area contributed by atoms with Crippen molar-refractivity contribution < 1.29 is 4.79 Å². The summed E-state index contributed by atoms with van der Waals surface area (Å²) in [6.45, 7) is 3.44. The lowest BCUT2D eigenvalue weighted by Gasteiger charge is -2.29. The highest BCUT2D eigenvalue weighted by molar-refractivity contribution is 6.06. The average molecular weight is 358 g/mol. The fourth-order valence-electron chi connectivity index (χ4n) is 3.32. The largest absolute Gasteiger partial charge is 0.350 e. The van der Waals surface area contributed by atoms with Crippen LogP contribution in [0.5, 0.6) is 0 Å². The summed E-state index contributed by atoms with van der Waals surface area (Å²) in [5.74, 6) is 0.471. The van der Waals surface area contributed by atoms with Crippen molar-refractivity contribution in [2.24, 2.45) is 0 Å². The van der Waals surface area contributed by atoms with E-state index in [0.29, 0.717) is 18.1 Å². The number of benzene rings is 2. The molecule has 0 radical (unpaired) electrons. The van der Waals surface area contributed by atoms with E-state index in [9.17, 15) is 4.79 Å². The SMILES string of the molecule is Cc1ccc(CNc2ncc(C(=O)N3CCCc4ccccc43)cn2)cc1. The lowest BCUT2D eigenvalue weighted by Crippen LogP contribution is -2.35. The Hall–Kier alpha value is -3.21. The molecule has 0 bridgehead atoms. The number of para-hydroxylation sites is 1. The number of carbonyl (C=O) groups excluding carboxylic acids is 1. The van der Waals surface area contributed by atoms with Crippen molar-refractivity contribution >= 4 is 17.5 Å². The van der Waals surface area contributed by atoms with Gasteiger partial charge in [-0.05, 0) is 37.0 Å². The van der Waals surface area contributed by atoms with Gasteiger partial charge in [-0.2, -0.15) is 0 Å². The van der Waals surface area contributed by atoms with Crippen LogP contribution in [0.1, 0.15) is 33.5 Å². The van der Waals surface area contributed by atoms with E-state index in [4.69, 9.17) is 0 Å². The van der Waals surface area contributed by atoms with Crippen LogP contribution in [0.25, 0.3) is 0 Å². The number of nitrogens with one attached hydrogen (secondary N) is 1. The Morgan fingerprint density at radius 2 is 1.81 bits per heavy atom. The minimum Gasteiger partial charge on any atom is -0.350 e. The van der Waals surface area contributed by atoms with Crippen LogP contribution >= 0.6 is 0 Å². The molecule has 2 aromatic carbocycles. The van der Waals surface area contributed by atoms with Crippen LogP contribution in [0.2, 0.25) is 0 Å². The van der Waals surface area contributed by atoms with Crippen molar-refractivity contribution in [3.63, 3.8) is 0 Å². The number of hydrogen-bond donors (Lipinski definition) is 1. The Bertz CT molecular complexity index is 935. The van der Waals surface area contributed by atoms with Crippen molar-refractivity contribution in [2.75, 3.05) is 16.8 Å². The van der Waals surface area contributed by atoms with E-state index in [1.807, 2.05) is 23.1 Å². The average Bonchev–Trinajstić information content (AvgIpc) is 2.73. The predicted octanol–water partition coefficient (Wildman–Crippen LogP) is 3.99. The molecule has 0 spiro atoms. The van der Waals surface area contributed by atoms with Crippen LogP contribution in [0.15, 0.2) is 60.9 Å². The molecule has 0 aliphatic carbocycles. The van der Waals surface area contributed by atoms with Crippen molar-refractivity contribution in [1.82, 2.24) is 9.97 Å². The molecule has 1 amide bonds. The topological polar surface area (TPSA) is 58.1 Å². The van der Waals surface area contributed by atoms with Gasteiger partial charge in [0.15, 0.2) is 0 Å². The van der Waals surface area contributed by atoms with Gasteiger partial charge in [-0.1, -0.05) is 48.0 Å². The van der Waals surface area contributed by atoms with E-state index >= 15 is 0 Å². The number of anilines is 2. The highest BCUT2D eigenvalue weighted by Crippen LogP contribution is 2.27. The quantitative estimate of drug-likeness (QED) is 0.766. The Morgan fingerprint density at radius 1 is 1.07 bits per heavy atom. The molecule has 0 saturated heterocycles.